The summed E-state index contributed by atoms with van der Waals surface area (Å²) in [6, 6.07) is 2.75. The fourth-order valence-corrected chi connectivity index (χ4v) is 6.68. The Balaban J connectivity index is 1.28. The summed E-state index contributed by atoms with van der Waals surface area (Å²) in [5.41, 5.74) is 0.455. The van der Waals surface area contributed by atoms with E-state index in [-0.39, 0.29) is 5.91 Å². The second-order valence-corrected chi connectivity index (χ2v) is 7.79. The molecule has 1 heterocycles. The molecule has 4 heteroatoms. The molecule has 0 aliphatic heterocycles. The Hall–Kier alpha value is -1.45. The van der Waals surface area contributed by atoms with E-state index >= 15 is 0 Å². The number of amides is 1. The minimum absolute atomic E-state index is 0.115. The SMILES string of the molecule is O=C(NCC1C2CC3CC4CCC2C4C31)c1ccc(F)nc1. The zero-order valence-corrected chi connectivity index (χ0v) is 12.5. The smallest absolute Gasteiger partial charge is 0.252 e. The predicted octanol–water partition coefficient (Wildman–Crippen LogP) is 2.88. The first-order chi connectivity index (χ1) is 10.7. The zero-order chi connectivity index (χ0) is 14.8. The van der Waals surface area contributed by atoms with Crippen LogP contribution in [0.2, 0.25) is 0 Å². The average molecular weight is 300 g/mol. The van der Waals surface area contributed by atoms with Gasteiger partial charge in [0, 0.05) is 12.7 Å². The van der Waals surface area contributed by atoms with E-state index < -0.39 is 5.95 Å². The van der Waals surface area contributed by atoms with Crippen LogP contribution in [0.5, 0.6) is 0 Å². The van der Waals surface area contributed by atoms with Crippen LogP contribution in [0, 0.1) is 47.4 Å². The topological polar surface area (TPSA) is 42.0 Å². The van der Waals surface area contributed by atoms with Gasteiger partial charge in [0.2, 0.25) is 5.95 Å². The van der Waals surface area contributed by atoms with Gasteiger partial charge in [-0.2, -0.15) is 4.39 Å². The Morgan fingerprint density at radius 2 is 2.09 bits per heavy atom. The number of rotatable bonds is 3. The van der Waals surface area contributed by atoms with E-state index in [4.69, 9.17) is 0 Å². The molecule has 4 aliphatic carbocycles. The number of fused-ring (bicyclic) bond motifs is 2. The molecule has 4 saturated carbocycles. The number of hydrogen-bond donors (Lipinski definition) is 1. The van der Waals surface area contributed by atoms with Crippen molar-refractivity contribution in [1.82, 2.24) is 10.3 Å². The molecule has 22 heavy (non-hydrogen) atoms. The lowest BCUT2D eigenvalue weighted by Gasteiger charge is -2.24. The minimum atomic E-state index is -0.544. The number of carbonyl (C=O) groups excluding carboxylic acids is 1. The molecular weight excluding hydrogens is 279 g/mol. The molecule has 0 spiro atoms. The molecule has 1 aromatic rings. The number of hydrogen-bond acceptors (Lipinski definition) is 2. The van der Waals surface area contributed by atoms with Crippen molar-refractivity contribution in [2.75, 3.05) is 6.54 Å². The normalized spacial score (nSPS) is 43.8. The lowest BCUT2D eigenvalue weighted by atomic mass is 9.81. The van der Waals surface area contributed by atoms with E-state index in [0.29, 0.717) is 11.5 Å². The molecular formula is C18H21FN2O. The maximum Gasteiger partial charge on any atom is 0.252 e. The standard InChI is InChI=1S/C18H21FN2O/c19-15-4-2-10(7-20-15)18(22)21-8-14-13-6-11-5-9-1-3-12(13)16(9)17(11)14/h2,4,7,9,11-14,16-17H,1,3,5-6,8H2,(H,21,22). The van der Waals surface area contributed by atoms with Crippen molar-refractivity contribution in [3.8, 4) is 0 Å². The first kappa shape index (κ1) is 13.0. The molecule has 7 atom stereocenters. The van der Waals surface area contributed by atoms with Crippen LogP contribution in [0.25, 0.3) is 0 Å². The van der Waals surface area contributed by atoms with Crippen LogP contribution >= 0.6 is 0 Å². The highest BCUT2D eigenvalue weighted by Crippen LogP contribution is 2.71. The summed E-state index contributed by atoms with van der Waals surface area (Å²) in [6.45, 7) is 0.793. The van der Waals surface area contributed by atoms with E-state index in [1.807, 2.05) is 0 Å². The van der Waals surface area contributed by atoms with Gasteiger partial charge in [-0.1, -0.05) is 0 Å². The van der Waals surface area contributed by atoms with Crippen molar-refractivity contribution < 1.29 is 9.18 Å². The number of carbonyl (C=O) groups is 1. The molecule has 0 saturated heterocycles. The summed E-state index contributed by atoms with van der Waals surface area (Å²) in [4.78, 5) is 15.8. The van der Waals surface area contributed by atoms with Gasteiger partial charge in [-0.3, -0.25) is 4.79 Å². The predicted molar refractivity (Wildman–Crippen MR) is 79.4 cm³/mol. The molecule has 4 aliphatic rings. The summed E-state index contributed by atoms with van der Waals surface area (Å²) in [5.74, 6) is 5.59. The average Bonchev–Trinajstić information content (AvgIpc) is 3.17. The van der Waals surface area contributed by atoms with E-state index in [1.54, 1.807) is 0 Å². The monoisotopic (exact) mass is 300 g/mol. The van der Waals surface area contributed by atoms with Gasteiger partial charge in [0.25, 0.3) is 5.91 Å². The lowest BCUT2D eigenvalue weighted by Crippen LogP contribution is -2.32. The van der Waals surface area contributed by atoms with Crippen molar-refractivity contribution in [3.63, 3.8) is 0 Å². The van der Waals surface area contributed by atoms with Gasteiger partial charge in [0.15, 0.2) is 0 Å². The van der Waals surface area contributed by atoms with Crippen LogP contribution < -0.4 is 5.32 Å². The van der Waals surface area contributed by atoms with Gasteiger partial charge in [-0.05, 0) is 79.2 Å². The first-order valence-corrected chi connectivity index (χ1v) is 8.62. The number of halogens is 1. The highest BCUT2D eigenvalue weighted by atomic mass is 19.1. The minimum Gasteiger partial charge on any atom is -0.352 e. The van der Waals surface area contributed by atoms with Crippen LogP contribution in [0.1, 0.15) is 36.0 Å². The summed E-state index contributed by atoms with van der Waals surface area (Å²) in [6.07, 6.45) is 7.06. The van der Waals surface area contributed by atoms with Crippen molar-refractivity contribution in [3.05, 3.63) is 29.8 Å². The second kappa shape index (κ2) is 4.53. The third kappa shape index (κ3) is 1.67. The van der Waals surface area contributed by atoms with Crippen LogP contribution in [-0.2, 0) is 0 Å². The third-order valence-electron chi connectivity index (χ3n) is 7.16. The van der Waals surface area contributed by atoms with Gasteiger partial charge in [-0.15, -0.1) is 0 Å². The fourth-order valence-electron chi connectivity index (χ4n) is 6.68. The Labute approximate surface area is 129 Å². The number of nitrogens with one attached hydrogen (secondary N) is 1. The summed E-state index contributed by atoms with van der Waals surface area (Å²) < 4.78 is 12.8. The van der Waals surface area contributed by atoms with Crippen molar-refractivity contribution >= 4 is 5.91 Å². The van der Waals surface area contributed by atoms with Gasteiger partial charge in [-0.25, -0.2) is 4.98 Å². The molecule has 1 N–H and O–H groups in total. The zero-order valence-electron chi connectivity index (χ0n) is 12.5. The lowest BCUT2D eigenvalue weighted by molar-refractivity contribution is 0.0941. The second-order valence-electron chi connectivity index (χ2n) is 7.79. The maximum atomic E-state index is 12.8. The van der Waals surface area contributed by atoms with Crippen molar-refractivity contribution in [2.45, 2.75) is 25.7 Å². The van der Waals surface area contributed by atoms with Crippen molar-refractivity contribution in [2.24, 2.45) is 41.4 Å². The first-order valence-electron chi connectivity index (χ1n) is 8.62. The van der Waals surface area contributed by atoms with E-state index in [0.717, 1.165) is 42.1 Å². The van der Waals surface area contributed by atoms with Crippen LogP contribution in [0.15, 0.2) is 18.3 Å². The van der Waals surface area contributed by atoms with Crippen LogP contribution in [-0.4, -0.2) is 17.4 Å². The largest absolute Gasteiger partial charge is 0.352 e. The molecule has 0 radical (unpaired) electrons. The highest BCUT2D eigenvalue weighted by molar-refractivity contribution is 5.93. The molecule has 4 fully saturated rings. The fraction of sp³-hybridized carbons (Fsp3) is 0.667. The van der Waals surface area contributed by atoms with Crippen molar-refractivity contribution in [1.29, 1.82) is 0 Å². The van der Waals surface area contributed by atoms with E-state index in [2.05, 4.69) is 10.3 Å². The molecule has 5 rings (SSSR count). The van der Waals surface area contributed by atoms with Gasteiger partial charge >= 0.3 is 0 Å². The number of pyridine rings is 1. The molecule has 1 amide bonds. The van der Waals surface area contributed by atoms with Crippen LogP contribution in [0.4, 0.5) is 4.39 Å². The Kier molecular flexibility index (Phi) is 2.68. The van der Waals surface area contributed by atoms with E-state index in [1.165, 1.54) is 44.0 Å². The molecule has 7 unspecified atom stereocenters. The highest BCUT2D eigenvalue weighted by Gasteiger charge is 2.66. The number of nitrogens with zero attached hydrogens (tertiary/aromatic N) is 1. The Morgan fingerprint density at radius 1 is 1.18 bits per heavy atom. The van der Waals surface area contributed by atoms with Gasteiger partial charge in [0.1, 0.15) is 0 Å². The van der Waals surface area contributed by atoms with E-state index in [9.17, 15) is 9.18 Å². The Bertz CT molecular complexity index is 616. The summed E-state index contributed by atoms with van der Waals surface area (Å²) in [7, 11) is 0. The molecule has 3 nitrogen and oxygen atoms in total. The maximum absolute atomic E-state index is 12.8. The molecule has 1 aromatic heterocycles. The quantitative estimate of drug-likeness (QED) is 0.872. The van der Waals surface area contributed by atoms with Gasteiger partial charge in [0.05, 0.1) is 5.56 Å². The Morgan fingerprint density at radius 3 is 2.91 bits per heavy atom. The summed E-state index contributed by atoms with van der Waals surface area (Å²) >= 11 is 0. The molecule has 2 bridgehead atoms. The third-order valence-corrected chi connectivity index (χ3v) is 7.16. The molecule has 0 aromatic carbocycles. The number of aromatic nitrogens is 1. The van der Waals surface area contributed by atoms with Gasteiger partial charge < -0.3 is 5.32 Å². The van der Waals surface area contributed by atoms with Crippen LogP contribution in [0.3, 0.4) is 0 Å². The summed E-state index contributed by atoms with van der Waals surface area (Å²) in [5, 5.41) is 3.09. The molecule has 116 valence electrons.